The molecule has 0 radical (unpaired) electrons. The minimum Gasteiger partial charge on any atom is -0.497 e. The third-order valence-electron chi connectivity index (χ3n) is 5.19. The molecule has 0 spiro atoms. The first-order valence-electron chi connectivity index (χ1n) is 9.02. The van der Waals surface area contributed by atoms with Crippen LogP contribution in [-0.4, -0.2) is 18.1 Å². The van der Waals surface area contributed by atoms with Gasteiger partial charge in [-0.1, -0.05) is 12.1 Å². The van der Waals surface area contributed by atoms with E-state index in [9.17, 15) is 14.4 Å². The van der Waals surface area contributed by atoms with Crippen LogP contribution in [0.1, 0.15) is 23.5 Å². The van der Waals surface area contributed by atoms with Gasteiger partial charge in [-0.2, -0.15) is 0 Å². The molecule has 1 aliphatic heterocycles. The molecule has 0 saturated carbocycles. The molecule has 0 unspecified atom stereocenters. The van der Waals surface area contributed by atoms with Crippen LogP contribution in [0.4, 0.5) is 0 Å². The average Bonchev–Trinajstić information content (AvgIpc) is 2.72. The number of rotatable bonds is 2. The van der Waals surface area contributed by atoms with Crippen LogP contribution in [0.15, 0.2) is 62.5 Å². The van der Waals surface area contributed by atoms with Gasteiger partial charge >= 0.3 is 11.6 Å². The number of fused-ring (bicyclic) bond motifs is 4. The molecule has 7 heteroatoms. The molecule has 1 N–H and O–H groups in total. The van der Waals surface area contributed by atoms with Crippen LogP contribution in [-0.2, 0) is 4.79 Å². The molecule has 0 bridgehead atoms. The number of aromatic nitrogens is 1. The van der Waals surface area contributed by atoms with E-state index in [0.29, 0.717) is 27.8 Å². The normalized spacial score (nSPS) is 15.9. The van der Waals surface area contributed by atoms with E-state index >= 15 is 0 Å². The van der Waals surface area contributed by atoms with Crippen molar-refractivity contribution in [1.29, 1.82) is 0 Å². The molecule has 1 atom stereocenters. The number of para-hydroxylation sites is 1. The lowest BCUT2D eigenvalue weighted by Crippen LogP contribution is -2.30. The Bertz CT molecular complexity index is 1410. The highest BCUT2D eigenvalue weighted by Gasteiger charge is 2.35. The molecule has 5 rings (SSSR count). The number of carbonyl (C=O) groups is 1. The van der Waals surface area contributed by atoms with E-state index in [1.165, 1.54) is 0 Å². The lowest BCUT2D eigenvalue weighted by molar-refractivity contribution is -0.135. The predicted octanol–water partition coefficient (Wildman–Crippen LogP) is 3.08. The number of benzene rings is 2. The number of esters is 1. The van der Waals surface area contributed by atoms with Crippen molar-refractivity contribution in [3.8, 4) is 11.5 Å². The molecular formula is C22H15NO6. The highest BCUT2D eigenvalue weighted by atomic mass is 16.5. The summed E-state index contributed by atoms with van der Waals surface area (Å²) >= 11 is 0. The third kappa shape index (κ3) is 2.70. The maximum absolute atomic E-state index is 12.8. The number of hydrogen-bond donors (Lipinski definition) is 1. The molecule has 4 aromatic rings. The summed E-state index contributed by atoms with van der Waals surface area (Å²) in [7, 11) is 1.54. The summed E-state index contributed by atoms with van der Waals surface area (Å²) in [6.45, 7) is 0. The maximum atomic E-state index is 12.8. The van der Waals surface area contributed by atoms with Crippen LogP contribution in [0.2, 0.25) is 0 Å². The van der Waals surface area contributed by atoms with Gasteiger partial charge in [-0.3, -0.25) is 9.59 Å². The van der Waals surface area contributed by atoms with Gasteiger partial charge in [0, 0.05) is 17.5 Å². The van der Waals surface area contributed by atoms with Gasteiger partial charge in [0.05, 0.1) is 30.0 Å². The van der Waals surface area contributed by atoms with Gasteiger partial charge in [0.25, 0.3) is 5.56 Å². The standard InChI is InChI=1S/C22H15NO6/c1-27-12-7-6-11-8-15(21(25)23-16(11)9-12)14-10-18(24)29-20-13-4-2-3-5-17(13)28-22(26)19(14)20/h2-9,14H,10H2,1H3,(H,23,25)/t14-/m1/s1. The highest BCUT2D eigenvalue weighted by Crippen LogP contribution is 2.40. The molecule has 0 fully saturated rings. The first-order chi connectivity index (χ1) is 14.0. The topological polar surface area (TPSA) is 98.6 Å². The smallest absolute Gasteiger partial charge is 0.343 e. The molecule has 1 aliphatic rings. The minimum atomic E-state index is -0.762. The van der Waals surface area contributed by atoms with Crippen molar-refractivity contribution in [2.75, 3.05) is 7.11 Å². The fourth-order valence-electron chi connectivity index (χ4n) is 3.82. The monoisotopic (exact) mass is 389 g/mol. The Labute approximate surface area is 163 Å². The zero-order valence-corrected chi connectivity index (χ0v) is 15.4. The Hall–Kier alpha value is -3.87. The number of nitrogens with one attached hydrogen (secondary N) is 1. The summed E-state index contributed by atoms with van der Waals surface area (Å²) in [5, 5.41) is 1.27. The number of hydrogen-bond acceptors (Lipinski definition) is 6. The van der Waals surface area contributed by atoms with E-state index < -0.39 is 17.5 Å². The maximum Gasteiger partial charge on any atom is 0.343 e. The van der Waals surface area contributed by atoms with Gasteiger partial charge < -0.3 is 18.9 Å². The van der Waals surface area contributed by atoms with Crippen LogP contribution in [0.5, 0.6) is 11.5 Å². The van der Waals surface area contributed by atoms with E-state index in [1.54, 1.807) is 55.6 Å². The zero-order chi connectivity index (χ0) is 20.1. The molecular weight excluding hydrogens is 374 g/mol. The lowest BCUT2D eigenvalue weighted by Gasteiger charge is -2.24. The van der Waals surface area contributed by atoms with Crippen LogP contribution in [0.3, 0.4) is 0 Å². The number of ether oxygens (including phenoxy) is 2. The van der Waals surface area contributed by atoms with Crippen LogP contribution >= 0.6 is 0 Å². The van der Waals surface area contributed by atoms with Crippen molar-refractivity contribution in [2.45, 2.75) is 12.3 Å². The predicted molar refractivity (Wildman–Crippen MR) is 106 cm³/mol. The van der Waals surface area contributed by atoms with E-state index in [1.807, 2.05) is 0 Å². The molecule has 144 valence electrons. The van der Waals surface area contributed by atoms with E-state index in [4.69, 9.17) is 13.9 Å². The Kier molecular flexibility index (Phi) is 3.77. The van der Waals surface area contributed by atoms with Crippen molar-refractivity contribution in [3.63, 3.8) is 0 Å². The zero-order valence-electron chi connectivity index (χ0n) is 15.4. The number of H-pyrrole nitrogens is 1. The van der Waals surface area contributed by atoms with Crippen LogP contribution in [0, 0.1) is 0 Å². The fourth-order valence-corrected chi connectivity index (χ4v) is 3.82. The van der Waals surface area contributed by atoms with E-state index in [0.717, 1.165) is 5.39 Å². The van der Waals surface area contributed by atoms with Crippen molar-refractivity contribution in [2.24, 2.45) is 0 Å². The fraction of sp³-hybridized carbons (Fsp3) is 0.136. The Morgan fingerprint density at radius 2 is 1.90 bits per heavy atom. The summed E-state index contributed by atoms with van der Waals surface area (Å²) in [5.74, 6) is -0.498. The van der Waals surface area contributed by atoms with Gasteiger partial charge in [0.1, 0.15) is 11.3 Å². The van der Waals surface area contributed by atoms with Crippen molar-refractivity contribution >= 4 is 27.8 Å². The molecule has 2 aromatic carbocycles. The summed E-state index contributed by atoms with van der Waals surface area (Å²) < 4.78 is 16.0. The van der Waals surface area contributed by atoms with E-state index in [-0.39, 0.29) is 23.3 Å². The largest absolute Gasteiger partial charge is 0.497 e. The SMILES string of the molecule is COc1ccc2cc([C@H]3CC(=O)Oc4c3c(=O)oc3ccccc43)c(=O)[nH]c2c1. The van der Waals surface area contributed by atoms with Gasteiger partial charge in [-0.05, 0) is 35.7 Å². The van der Waals surface area contributed by atoms with Crippen molar-refractivity contribution in [1.82, 2.24) is 4.98 Å². The first-order valence-corrected chi connectivity index (χ1v) is 9.02. The van der Waals surface area contributed by atoms with E-state index in [2.05, 4.69) is 4.98 Å². The second-order valence-electron chi connectivity index (χ2n) is 6.87. The summed E-state index contributed by atoms with van der Waals surface area (Å²) in [4.78, 5) is 40.7. The first kappa shape index (κ1) is 17.2. The van der Waals surface area contributed by atoms with Gasteiger partial charge in [-0.25, -0.2) is 4.79 Å². The van der Waals surface area contributed by atoms with Crippen molar-refractivity contribution < 1.29 is 18.7 Å². The molecule has 2 aromatic heterocycles. The Balaban J connectivity index is 1.77. The van der Waals surface area contributed by atoms with Crippen molar-refractivity contribution in [3.05, 3.63) is 80.4 Å². The molecule has 0 amide bonds. The molecule has 0 saturated heterocycles. The number of methoxy groups -OCH3 is 1. The number of carbonyl (C=O) groups excluding carboxylic acids is 1. The Morgan fingerprint density at radius 1 is 1.07 bits per heavy atom. The second kappa shape index (κ2) is 6.34. The van der Waals surface area contributed by atoms with Gasteiger partial charge in [0.15, 0.2) is 5.75 Å². The van der Waals surface area contributed by atoms with Gasteiger partial charge in [0.2, 0.25) is 0 Å². The molecule has 7 nitrogen and oxygen atoms in total. The number of pyridine rings is 1. The number of aromatic amines is 1. The lowest BCUT2D eigenvalue weighted by atomic mass is 9.87. The summed E-state index contributed by atoms with van der Waals surface area (Å²) in [6.07, 6.45) is -0.124. The Morgan fingerprint density at radius 3 is 2.72 bits per heavy atom. The highest BCUT2D eigenvalue weighted by molar-refractivity contribution is 5.90. The molecule has 29 heavy (non-hydrogen) atoms. The van der Waals surface area contributed by atoms with Crippen LogP contribution in [0.25, 0.3) is 21.9 Å². The quantitative estimate of drug-likeness (QED) is 0.418. The second-order valence-corrected chi connectivity index (χ2v) is 6.87. The van der Waals surface area contributed by atoms with Crippen LogP contribution < -0.4 is 20.7 Å². The molecule has 0 aliphatic carbocycles. The van der Waals surface area contributed by atoms with Gasteiger partial charge in [-0.15, -0.1) is 0 Å². The summed E-state index contributed by atoms with van der Waals surface area (Å²) in [6, 6.07) is 13.8. The molecule has 3 heterocycles. The third-order valence-corrected chi connectivity index (χ3v) is 5.19. The minimum absolute atomic E-state index is 0.124. The average molecular weight is 389 g/mol. The summed E-state index contributed by atoms with van der Waals surface area (Å²) in [5.41, 5.74) is 0.408.